The normalized spacial score (nSPS) is 17.0. The zero-order valence-corrected chi connectivity index (χ0v) is 11.8. The van der Waals surface area contributed by atoms with Crippen molar-refractivity contribution in [3.63, 3.8) is 0 Å². The van der Waals surface area contributed by atoms with Crippen molar-refractivity contribution in [2.24, 2.45) is 0 Å². The van der Waals surface area contributed by atoms with Crippen molar-refractivity contribution in [3.05, 3.63) is 20.4 Å². The molecule has 106 valence electrons. The van der Waals surface area contributed by atoms with Crippen molar-refractivity contribution in [1.82, 2.24) is 4.90 Å². The first-order valence-electron chi connectivity index (χ1n) is 7.08. The van der Waals surface area contributed by atoms with Crippen LogP contribution in [0.5, 0.6) is 0 Å². The second-order valence-corrected chi connectivity index (χ2v) is 5.62. The third-order valence-electron chi connectivity index (χ3n) is 3.72. The van der Waals surface area contributed by atoms with Crippen LogP contribution in [0.4, 0.5) is 11.4 Å². The predicted molar refractivity (Wildman–Crippen MR) is 78.9 cm³/mol. The first-order valence-corrected chi connectivity index (χ1v) is 7.08. The molecule has 1 aromatic carbocycles. The second kappa shape index (κ2) is 6.19. The van der Waals surface area contributed by atoms with Crippen molar-refractivity contribution in [2.45, 2.75) is 38.1 Å². The number of likely N-dealkylation sites (N-methyl/N-ethyl adjacent to an activating group) is 1. The van der Waals surface area contributed by atoms with Crippen molar-refractivity contribution in [3.8, 4) is 0 Å². The highest BCUT2D eigenvalue weighted by Gasteiger charge is 2.23. The summed E-state index contributed by atoms with van der Waals surface area (Å²) in [5, 5.41) is 6.33. The van der Waals surface area contributed by atoms with Gasteiger partial charge in [0.25, 0.3) is 10.9 Å². The smallest absolute Gasteiger partial charge is 0.253 e. The molecule has 0 aliphatic heterocycles. The van der Waals surface area contributed by atoms with Gasteiger partial charge in [-0.05, 0) is 26.9 Å². The fraction of sp³-hybridized carbons (Fsp3) is 0.714. The maximum atomic E-state index is 11.6. The Morgan fingerprint density at radius 3 is 2.32 bits per heavy atom. The van der Waals surface area contributed by atoms with Crippen LogP contribution in [-0.4, -0.2) is 38.1 Å². The molecule has 2 rings (SSSR count). The van der Waals surface area contributed by atoms with Gasteiger partial charge in [0.05, 0.1) is 0 Å². The maximum absolute atomic E-state index is 11.6. The van der Waals surface area contributed by atoms with Gasteiger partial charge in [-0.3, -0.25) is 9.59 Å². The number of hydrogen-bond donors (Lipinski definition) is 2. The molecule has 5 nitrogen and oxygen atoms in total. The van der Waals surface area contributed by atoms with Gasteiger partial charge in [-0.1, -0.05) is 19.3 Å². The van der Waals surface area contributed by atoms with Crippen molar-refractivity contribution in [1.29, 1.82) is 0 Å². The maximum Gasteiger partial charge on any atom is 0.253 e. The highest BCUT2D eigenvalue weighted by atomic mass is 16.2. The first-order chi connectivity index (χ1) is 9.09. The summed E-state index contributed by atoms with van der Waals surface area (Å²) in [7, 11) is 3.95. The Morgan fingerprint density at radius 1 is 1.05 bits per heavy atom. The Kier molecular flexibility index (Phi) is 4.58. The highest BCUT2D eigenvalue weighted by Crippen LogP contribution is 2.23. The number of nitrogens with one attached hydrogen (secondary N) is 2. The fourth-order valence-electron chi connectivity index (χ4n) is 2.55. The topological polar surface area (TPSA) is 61.4 Å². The van der Waals surface area contributed by atoms with Crippen LogP contribution in [-0.2, 0) is 0 Å². The van der Waals surface area contributed by atoms with E-state index in [0.717, 1.165) is 19.4 Å². The van der Waals surface area contributed by atoms with E-state index < -0.39 is 0 Å². The van der Waals surface area contributed by atoms with E-state index in [1.807, 2.05) is 19.0 Å². The third kappa shape index (κ3) is 3.35. The zero-order valence-electron chi connectivity index (χ0n) is 11.8. The second-order valence-electron chi connectivity index (χ2n) is 5.62. The van der Waals surface area contributed by atoms with E-state index in [2.05, 4.69) is 10.6 Å². The monoisotopic (exact) mass is 265 g/mol. The lowest BCUT2D eigenvalue weighted by Crippen LogP contribution is -2.40. The van der Waals surface area contributed by atoms with Gasteiger partial charge in [0.15, 0.2) is 0 Å². The summed E-state index contributed by atoms with van der Waals surface area (Å²) < 4.78 is 0. The molecule has 19 heavy (non-hydrogen) atoms. The third-order valence-corrected chi connectivity index (χ3v) is 3.72. The van der Waals surface area contributed by atoms with Crippen LogP contribution in [0, 0.1) is 0 Å². The predicted octanol–water partition coefficient (Wildman–Crippen LogP) is 1.00. The average Bonchev–Trinajstić information content (AvgIpc) is 2.42. The van der Waals surface area contributed by atoms with Gasteiger partial charge in [-0.2, -0.15) is 0 Å². The molecule has 0 saturated heterocycles. The van der Waals surface area contributed by atoms with E-state index in [9.17, 15) is 9.59 Å². The largest absolute Gasteiger partial charge is 0.379 e. The van der Waals surface area contributed by atoms with E-state index >= 15 is 0 Å². The summed E-state index contributed by atoms with van der Waals surface area (Å²) >= 11 is 0. The lowest BCUT2D eigenvalue weighted by molar-refractivity contribution is 0.425. The summed E-state index contributed by atoms with van der Waals surface area (Å²) in [5.74, 6) is 0. The number of nitrogens with zero attached hydrogens (tertiary/aromatic N) is 1. The summed E-state index contributed by atoms with van der Waals surface area (Å²) in [4.78, 5) is 25.2. The van der Waals surface area contributed by atoms with Gasteiger partial charge in [-0.25, -0.2) is 0 Å². The van der Waals surface area contributed by atoms with E-state index in [1.165, 1.54) is 19.3 Å². The van der Waals surface area contributed by atoms with Gasteiger partial charge < -0.3 is 15.5 Å². The molecule has 0 heterocycles. The minimum Gasteiger partial charge on any atom is -0.379 e. The van der Waals surface area contributed by atoms with Gasteiger partial charge in [0, 0.05) is 19.1 Å². The molecule has 0 unspecified atom stereocenters. The molecule has 0 bridgehead atoms. The molecule has 1 aliphatic rings. The molecule has 0 amide bonds. The van der Waals surface area contributed by atoms with Crippen LogP contribution in [0.3, 0.4) is 0 Å². The van der Waals surface area contributed by atoms with Crippen LogP contribution in [0.2, 0.25) is 0 Å². The molecule has 0 radical (unpaired) electrons. The lowest BCUT2D eigenvalue weighted by Gasteiger charge is -2.25. The first kappa shape index (κ1) is 14.1. The number of hydrogen-bond acceptors (Lipinski definition) is 5. The van der Waals surface area contributed by atoms with Gasteiger partial charge in [0.2, 0.25) is 0 Å². The molecule has 1 aliphatic carbocycles. The van der Waals surface area contributed by atoms with Crippen LogP contribution in [0.1, 0.15) is 32.1 Å². The minimum absolute atomic E-state index is 0.353. The molecule has 0 spiro atoms. The van der Waals surface area contributed by atoms with Crippen LogP contribution in [0.25, 0.3) is 0 Å². The molecule has 0 aromatic heterocycles. The minimum atomic E-state index is -0.378. The Labute approximate surface area is 113 Å². The molecule has 1 aromatic rings. The van der Waals surface area contributed by atoms with E-state index in [1.54, 1.807) is 0 Å². The van der Waals surface area contributed by atoms with Crippen LogP contribution in [0.15, 0.2) is 9.59 Å². The summed E-state index contributed by atoms with van der Waals surface area (Å²) in [6, 6.07) is 0.353. The molecular weight excluding hydrogens is 242 g/mol. The van der Waals surface area contributed by atoms with E-state index in [0.29, 0.717) is 24.0 Å². The lowest BCUT2D eigenvalue weighted by atomic mass is 9.95. The summed E-state index contributed by atoms with van der Waals surface area (Å²) in [6.45, 7) is 1.51. The summed E-state index contributed by atoms with van der Waals surface area (Å²) in [5.41, 5.74) is 0.253. The van der Waals surface area contributed by atoms with Crippen LogP contribution >= 0.6 is 0 Å². The zero-order chi connectivity index (χ0) is 13.8. The highest BCUT2D eigenvalue weighted by molar-refractivity contribution is 5.74. The standard InChI is InChI=1S/C14H23N3O2/c1-17(2)9-8-15-11-12(14(19)13(11)18)16-10-6-4-3-5-7-10/h10,15-16H,3-9H2,1-2H3. The van der Waals surface area contributed by atoms with Crippen molar-refractivity contribution in [2.75, 3.05) is 37.8 Å². The average molecular weight is 265 g/mol. The fourth-order valence-corrected chi connectivity index (χ4v) is 2.55. The Balaban J connectivity index is 1.94. The summed E-state index contributed by atoms with van der Waals surface area (Å²) in [6.07, 6.45) is 5.87. The molecular formula is C14H23N3O2. The van der Waals surface area contributed by atoms with Crippen LogP contribution < -0.4 is 21.5 Å². The van der Waals surface area contributed by atoms with E-state index in [-0.39, 0.29) is 10.9 Å². The van der Waals surface area contributed by atoms with Gasteiger partial charge in [-0.15, -0.1) is 0 Å². The van der Waals surface area contributed by atoms with E-state index in [4.69, 9.17) is 0 Å². The molecule has 5 heteroatoms. The van der Waals surface area contributed by atoms with Gasteiger partial charge >= 0.3 is 0 Å². The molecule has 2 N–H and O–H groups in total. The SMILES string of the molecule is CN(C)CCNc1c(NC2CCCCC2)c(=O)c1=O. The Bertz CT molecular complexity index is 483. The molecule has 1 fully saturated rings. The van der Waals surface area contributed by atoms with Crippen molar-refractivity contribution < 1.29 is 0 Å². The Morgan fingerprint density at radius 2 is 1.68 bits per heavy atom. The molecule has 1 saturated carbocycles. The quantitative estimate of drug-likeness (QED) is 0.751. The van der Waals surface area contributed by atoms with Gasteiger partial charge in [0.1, 0.15) is 11.4 Å². The Hall–Kier alpha value is -1.36. The molecule has 0 atom stereocenters. The van der Waals surface area contributed by atoms with Crippen molar-refractivity contribution >= 4 is 11.4 Å². The number of rotatable bonds is 6. The number of anilines is 2.